The molecule has 1 saturated heterocycles. The number of hydrogen-bond donors (Lipinski definition) is 1. The van der Waals surface area contributed by atoms with E-state index in [0.29, 0.717) is 18.8 Å². The van der Waals surface area contributed by atoms with Crippen molar-refractivity contribution in [3.8, 4) is 0 Å². The van der Waals surface area contributed by atoms with Crippen LogP contribution < -0.4 is 5.73 Å². The average molecular weight is 226 g/mol. The molecule has 2 atom stereocenters. The van der Waals surface area contributed by atoms with Crippen LogP contribution in [0.4, 0.5) is 0 Å². The third-order valence-corrected chi connectivity index (χ3v) is 3.56. The van der Waals surface area contributed by atoms with E-state index in [9.17, 15) is 0 Å². The standard InChI is InChI=1S/C13H26N2O/c1-10(2)8-15(11-3-4-11)9-13-6-5-12(7-14)16-13/h10-13H,3-9,14H2,1-2H3. The molecule has 2 rings (SSSR count). The van der Waals surface area contributed by atoms with Gasteiger partial charge < -0.3 is 10.5 Å². The maximum atomic E-state index is 5.93. The van der Waals surface area contributed by atoms with Crippen LogP contribution in [0.2, 0.25) is 0 Å². The minimum absolute atomic E-state index is 0.324. The fraction of sp³-hybridized carbons (Fsp3) is 1.00. The fourth-order valence-corrected chi connectivity index (χ4v) is 2.63. The molecule has 0 radical (unpaired) electrons. The van der Waals surface area contributed by atoms with Crippen molar-refractivity contribution in [3.05, 3.63) is 0 Å². The molecule has 0 aromatic rings. The van der Waals surface area contributed by atoms with Gasteiger partial charge in [-0.25, -0.2) is 0 Å². The van der Waals surface area contributed by atoms with Gasteiger partial charge in [-0.1, -0.05) is 13.8 Å². The number of hydrogen-bond acceptors (Lipinski definition) is 3. The molecule has 0 aromatic heterocycles. The van der Waals surface area contributed by atoms with Gasteiger partial charge in [-0.15, -0.1) is 0 Å². The Morgan fingerprint density at radius 1 is 1.19 bits per heavy atom. The molecule has 1 aliphatic heterocycles. The lowest BCUT2D eigenvalue weighted by Crippen LogP contribution is -2.37. The van der Waals surface area contributed by atoms with Gasteiger partial charge in [0.25, 0.3) is 0 Å². The lowest BCUT2D eigenvalue weighted by Gasteiger charge is -2.27. The maximum Gasteiger partial charge on any atom is 0.0707 e. The normalized spacial score (nSPS) is 30.6. The van der Waals surface area contributed by atoms with Gasteiger partial charge in [0.05, 0.1) is 12.2 Å². The van der Waals surface area contributed by atoms with Crippen LogP contribution >= 0.6 is 0 Å². The first-order valence-corrected chi connectivity index (χ1v) is 6.78. The largest absolute Gasteiger partial charge is 0.372 e. The monoisotopic (exact) mass is 226 g/mol. The van der Waals surface area contributed by atoms with Crippen molar-refractivity contribution in [2.45, 2.75) is 57.8 Å². The average Bonchev–Trinajstić information content (AvgIpc) is 2.98. The van der Waals surface area contributed by atoms with E-state index in [1.807, 2.05) is 0 Å². The van der Waals surface area contributed by atoms with Crippen molar-refractivity contribution < 1.29 is 4.74 Å². The molecule has 3 heteroatoms. The molecule has 94 valence electrons. The number of rotatable bonds is 6. The van der Waals surface area contributed by atoms with Crippen molar-refractivity contribution in [3.63, 3.8) is 0 Å². The summed E-state index contributed by atoms with van der Waals surface area (Å²) in [4.78, 5) is 2.63. The Bertz CT molecular complexity index is 216. The van der Waals surface area contributed by atoms with E-state index in [4.69, 9.17) is 10.5 Å². The van der Waals surface area contributed by atoms with Gasteiger partial charge in [-0.2, -0.15) is 0 Å². The third-order valence-electron chi connectivity index (χ3n) is 3.56. The summed E-state index contributed by atoms with van der Waals surface area (Å²) in [5, 5.41) is 0. The van der Waals surface area contributed by atoms with E-state index >= 15 is 0 Å². The highest BCUT2D eigenvalue weighted by Crippen LogP contribution is 2.29. The molecule has 0 bridgehead atoms. The SMILES string of the molecule is CC(C)CN(CC1CCC(CN)O1)C1CC1. The van der Waals surface area contributed by atoms with Gasteiger partial charge in [-0.3, -0.25) is 4.90 Å². The predicted molar refractivity (Wildman–Crippen MR) is 66.4 cm³/mol. The van der Waals surface area contributed by atoms with Crippen LogP contribution in [0.25, 0.3) is 0 Å². The number of nitrogens with two attached hydrogens (primary N) is 1. The molecule has 0 spiro atoms. The van der Waals surface area contributed by atoms with Crippen molar-refractivity contribution in [2.75, 3.05) is 19.6 Å². The topological polar surface area (TPSA) is 38.5 Å². The Kier molecular flexibility index (Phi) is 4.22. The zero-order valence-corrected chi connectivity index (χ0v) is 10.7. The summed E-state index contributed by atoms with van der Waals surface area (Å²) < 4.78 is 5.93. The highest BCUT2D eigenvalue weighted by molar-refractivity contribution is 4.87. The van der Waals surface area contributed by atoms with E-state index in [2.05, 4.69) is 18.7 Å². The Labute approximate surface area is 99.3 Å². The molecule has 3 nitrogen and oxygen atoms in total. The van der Waals surface area contributed by atoms with Gasteiger partial charge in [0, 0.05) is 25.7 Å². The Morgan fingerprint density at radius 3 is 2.38 bits per heavy atom. The Morgan fingerprint density at radius 2 is 1.88 bits per heavy atom. The summed E-state index contributed by atoms with van der Waals surface area (Å²) in [6.07, 6.45) is 5.89. The quantitative estimate of drug-likeness (QED) is 0.748. The van der Waals surface area contributed by atoms with Gasteiger partial charge in [0.2, 0.25) is 0 Å². The smallest absolute Gasteiger partial charge is 0.0707 e. The van der Waals surface area contributed by atoms with Gasteiger partial charge >= 0.3 is 0 Å². The predicted octanol–water partition coefficient (Wildman–Crippen LogP) is 1.61. The zero-order valence-electron chi connectivity index (χ0n) is 10.7. The van der Waals surface area contributed by atoms with Crippen LogP contribution in [0.1, 0.15) is 39.5 Å². The maximum absolute atomic E-state index is 5.93. The van der Waals surface area contributed by atoms with Crippen LogP contribution in [0.5, 0.6) is 0 Å². The van der Waals surface area contributed by atoms with Crippen LogP contribution in [0.3, 0.4) is 0 Å². The van der Waals surface area contributed by atoms with E-state index in [1.165, 1.54) is 25.8 Å². The van der Waals surface area contributed by atoms with Crippen molar-refractivity contribution >= 4 is 0 Å². The molecule has 1 saturated carbocycles. The zero-order chi connectivity index (χ0) is 11.5. The van der Waals surface area contributed by atoms with Crippen molar-refractivity contribution in [1.82, 2.24) is 4.90 Å². The second-order valence-corrected chi connectivity index (χ2v) is 5.77. The molecule has 0 aromatic carbocycles. The minimum atomic E-state index is 0.324. The highest BCUT2D eigenvalue weighted by atomic mass is 16.5. The molecule has 2 N–H and O–H groups in total. The molecule has 1 aliphatic carbocycles. The summed E-state index contributed by atoms with van der Waals surface area (Å²) >= 11 is 0. The van der Waals surface area contributed by atoms with Crippen LogP contribution in [-0.4, -0.2) is 42.8 Å². The molecule has 2 fully saturated rings. The van der Waals surface area contributed by atoms with Crippen LogP contribution in [0, 0.1) is 5.92 Å². The molecule has 1 heterocycles. The van der Waals surface area contributed by atoms with Crippen molar-refractivity contribution in [1.29, 1.82) is 0 Å². The summed E-state index contributed by atoms with van der Waals surface area (Å²) in [6.45, 7) is 7.63. The molecule has 2 aliphatic rings. The van der Waals surface area contributed by atoms with Crippen LogP contribution in [0.15, 0.2) is 0 Å². The first kappa shape index (κ1) is 12.3. The fourth-order valence-electron chi connectivity index (χ4n) is 2.63. The third kappa shape index (κ3) is 3.44. The number of nitrogens with zero attached hydrogens (tertiary/aromatic N) is 1. The van der Waals surface area contributed by atoms with E-state index < -0.39 is 0 Å². The Hall–Kier alpha value is -0.120. The second kappa shape index (κ2) is 5.48. The lowest BCUT2D eigenvalue weighted by atomic mass is 10.1. The first-order valence-electron chi connectivity index (χ1n) is 6.78. The minimum Gasteiger partial charge on any atom is -0.372 e. The van der Waals surface area contributed by atoms with Gasteiger partial charge in [-0.05, 0) is 31.6 Å². The molecular formula is C13H26N2O. The second-order valence-electron chi connectivity index (χ2n) is 5.77. The summed E-state index contributed by atoms with van der Waals surface area (Å²) in [7, 11) is 0. The number of ether oxygens (including phenoxy) is 1. The molecular weight excluding hydrogens is 200 g/mol. The molecule has 2 unspecified atom stereocenters. The van der Waals surface area contributed by atoms with Crippen molar-refractivity contribution in [2.24, 2.45) is 11.7 Å². The highest BCUT2D eigenvalue weighted by Gasteiger charge is 2.33. The summed E-state index contributed by atoms with van der Waals surface area (Å²) in [5.74, 6) is 0.757. The molecule has 0 amide bonds. The van der Waals surface area contributed by atoms with E-state index in [0.717, 1.165) is 24.9 Å². The van der Waals surface area contributed by atoms with E-state index in [1.54, 1.807) is 0 Å². The van der Waals surface area contributed by atoms with Gasteiger partial charge in [0.15, 0.2) is 0 Å². The van der Waals surface area contributed by atoms with Gasteiger partial charge in [0.1, 0.15) is 0 Å². The summed E-state index contributed by atoms with van der Waals surface area (Å²) in [6, 6.07) is 0.850. The van der Waals surface area contributed by atoms with E-state index in [-0.39, 0.29) is 0 Å². The Balaban J connectivity index is 1.77. The summed E-state index contributed by atoms with van der Waals surface area (Å²) in [5.41, 5.74) is 5.64. The lowest BCUT2D eigenvalue weighted by molar-refractivity contribution is 0.0230. The first-order chi connectivity index (χ1) is 7.69. The molecule has 16 heavy (non-hydrogen) atoms. The van der Waals surface area contributed by atoms with Crippen LogP contribution in [-0.2, 0) is 4.74 Å².